The lowest BCUT2D eigenvalue weighted by Gasteiger charge is -2.28. The first-order chi connectivity index (χ1) is 11.9. The largest absolute Gasteiger partial charge is 0.353 e. The van der Waals surface area contributed by atoms with Crippen LogP contribution in [0, 0.1) is 5.41 Å². The highest BCUT2D eigenvalue weighted by Crippen LogP contribution is 2.24. The summed E-state index contributed by atoms with van der Waals surface area (Å²) in [6.07, 6.45) is 6.82. The van der Waals surface area contributed by atoms with Gasteiger partial charge in [0.15, 0.2) is 0 Å². The van der Waals surface area contributed by atoms with E-state index in [1.165, 1.54) is 19.3 Å². The maximum absolute atomic E-state index is 12.6. The summed E-state index contributed by atoms with van der Waals surface area (Å²) in [6.45, 7) is 5.88. The molecule has 0 heterocycles. The van der Waals surface area contributed by atoms with E-state index in [9.17, 15) is 9.59 Å². The summed E-state index contributed by atoms with van der Waals surface area (Å²) in [7, 11) is 0. The number of carbonyl (C=O) groups is 2. The van der Waals surface area contributed by atoms with Crippen LogP contribution in [-0.4, -0.2) is 17.9 Å². The highest BCUT2D eigenvalue weighted by molar-refractivity contribution is 5.83. The van der Waals surface area contributed by atoms with E-state index < -0.39 is 5.41 Å². The Morgan fingerprint density at radius 2 is 1.76 bits per heavy atom. The van der Waals surface area contributed by atoms with Crippen LogP contribution in [0.1, 0.15) is 77.3 Å². The van der Waals surface area contributed by atoms with Crippen LogP contribution in [0.15, 0.2) is 30.3 Å². The summed E-state index contributed by atoms with van der Waals surface area (Å²) in [5.41, 5.74) is 0.536. The van der Waals surface area contributed by atoms with Crippen molar-refractivity contribution < 1.29 is 9.59 Å². The minimum atomic E-state index is -0.438. The van der Waals surface area contributed by atoms with Crippen molar-refractivity contribution in [1.29, 1.82) is 0 Å². The van der Waals surface area contributed by atoms with Crippen molar-refractivity contribution in [3.05, 3.63) is 35.9 Å². The number of benzene rings is 1. The van der Waals surface area contributed by atoms with Crippen LogP contribution in [0.3, 0.4) is 0 Å². The number of amides is 2. The molecule has 1 atom stereocenters. The van der Waals surface area contributed by atoms with Gasteiger partial charge >= 0.3 is 0 Å². The average molecular weight is 344 g/mol. The van der Waals surface area contributed by atoms with E-state index in [2.05, 4.69) is 10.6 Å². The summed E-state index contributed by atoms with van der Waals surface area (Å²) in [5.74, 6) is 0.0182. The predicted molar refractivity (Wildman–Crippen MR) is 101 cm³/mol. The van der Waals surface area contributed by atoms with Crippen molar-refractivity contribution >= 4 is 11.8 Å². The topological polar surface area (TPSA) is 58.2 Å². The molecule has 0 aliphatic heterocycles. The number of carbonyl (C=O) groups excluding carboxylic acids is 2. The first-order valence-corrected chi connectivity index (χ1v) is 9.57. The summed E-state index contributed by atoms with van der Waals surface area (Å²) >= 11 is 0. The van der Waals surface area contributed by atoms with Crippen LogP contribution < -0.4 is 10.6 Å². The molecule has 2 amide bonds. The van der Waals surface area contributed by atoms with Crippen molar-refractivity contribution in [2.75, 3.05) is 0 Å². The van der Waals surface area contributed by atoms with Crippen LogP contribution >= 0.6 is 0 Å². The molecule has 138 valence electrons. The molecule has 1 aromatic carbocycles. The Hall–Kier alpha value is -1.84. The second kappa shape index (κ2) is 9.02. The van der Waals surface area contributed by atoms with Gasteiger partial charge in [0.2, 0.25) is 11.8 Å². The molecule has 0 aromatic heterocycles. The molecule has 25 heavy (non-hydrogen) atoms. The Balaban J connectivity index is 2.04. The van der Waals surface area contributed by atoms with E-state index >= 15 is 0 Å². The average Bonchev–Trinajstić information content (AvgIpc) is 2.62. The first kappa shape index (κ1) is 19.5. The van der Waals surface area contributed by atoms with Crippen LogP contribution in [-0.2, 0) is 9.59 Å². The first-order valence-electron chi connectivity index (χ1n) is 9.57. The van der Waals surface area contributed by atoms with E-state index in [0.29, 0.717) is 6.04 Å². The summed E-state index contributed by atoms with van der Waals surface area (Å²) in [5, 5.41) is 6.25. The number of nitrogens with one attached hydrogen (secondary N) is 2. The van der Waals surface area contributed by atoms with Crippen molar-refractivity contribution in [3.63, 3.8) is 0 Å². The molecule has 0 unspecified atom stereocenters. The SMILES string of the molecule is CCC(C)(C)C(=O)N[C@@H](CC(=O)NC1CCCCC1)c1ccccc1. The van der Waals surface area contributed by atoms with E-state index in [1.54, 1.807) is 0 Å². The maximum atomic E-state index is 12.6. The maximum Gasteiger partial charge on any atom is 0.226 e. The molecular weight excluding hydrogens is 312 g/mol. The predicted octanol–water partition coefficient (Wildman–Crippen LogP) is 4.12. The third kappa shape index (κ3) is 5.87. The zero-order valence-corrected chi connectivity index (χ0v) is 15.8. The minimum Gasteiger partial charge on any atom is -0.353 e. The van der Waals surface area contributed by atoms with Gasteiger partial charge in [0.05, 0.1) is 12.5 Å². The smallest absolute Gasteiger partial charge is 0.226 e. The van der Waals surface area contributed by atoms with Gasteiger partial charge in [0.1, 0.15) is 0 Å². The highest BCUT2D eigenvalue weighted by Gasteiger charge is 2.29. The van der Waals surface area contributed by atoms with Crippen molar-refractivity contribution in [2.24, 2.45) is 5.41 Å². The van der Waals surface area contributed by atoms with Gasteiger partial charge < -0.3 is 10.6 Å². The van der Waals surface area contributed by atoms with E-state index in [1.807, 2.05) is 51.1 Å². The molecule has 1 aliphatic carbocycles. The van der Waals surface area contributed by atoms with Crippen LogP contribution in [0.4, 0.5) is 0 Å². The molecule has 1 fully saturated rings. The van der Waals surface area contributed by atoms with Gasteiger partial charge in [-0.1, -0.05) is 70.4 Å². The lowest BCUT2D eigenvalue weighted by atomic mass is 9.88. The molecule has 0 spiro atoms. The lowest BCUT2D eigenvalue weighted by Crippen LogP contribution is -2.42. The Labute approximate surface area is 151 Å². The summed E-state index contributed by atoms with van der Waals surface area (Å²) < 4.78 is 0. The van der Waals surface area contributed by atoms with Gasteiger partial charge in [-0.25, -0.2) is 0 Å². The molecule has 2 N–H and O–H groups in total. The van der Waals surface area contributed by atoms with Gasteiger partial charge in [-0.15, -0.1) is 0 Å². The van der Waals surface area contributed by atoms with Crippen molar-refractivity contribution in [2.45, 2.75) is 77.8 Å². The Morgan fingerprint density at radius 3 is 2.36 bits per heavy atom. The normalized spacial score (nSPS) is 16.9. The standard InChI is InChI=1S/C21H32N2O2/c1-4-21(2,3)20(25)23-18(16-11-7-5-8-12-16)15-19(24)22-17-13-9-6-10-14-17/h5,7-8,11-12,17-18H,4,6,9-10,13-15H2,1-3H3,(H,22,24)(H,23,25)/t18-/m0/s1. The van der Waals surface area contributed by atoms with Crippen LogP contribution in [0.5, 0.6) is 0 Å². The molecule has 1 aromatic rings. The number of rotatable bonds is 7. The second-order valence-corrected chi connectivity index (χ2v) is 7.78. The van der Waals surface area contributed by atoms with Crippen molar-refractivity contribution in [3.8, 4) is 0 Å². The van der Waals surface area contributed by atoms with Crippen molar-refractivity contribution in [1.82, 2.24) is 10.6 Å². The molecule has 1 aliphatic rings. The number of hydrogen-bond acceptors (Lipinski definition) is 2. The van der Waals surface area contributed by atoms with E-state index in [-0.39, 0.29) is 24.3 Å². The van der Waals surface area contributed by atoms with Gasteiger partial charge in [-0.2, -0.15) is 0 Å². The molecule has 1 saturated carbocycles. The third-order valence-corrected chi connectivity index (χ3v) is 5.37. The fraction of sp³-hybridized carbons (Fsp3) is 0.619. The third-order valence-electron chi connectivity index (χ3n) is 5.37. The highest BCUT2D eigenvalue weighted by atomic mass is 16.2. The fourth-order valence-electron chi connectivity index (χ4n) is 3.17. The Kier molecular flexibility index (Phi) is 7.03. The van der Waals surface area contributed by atoms with Gasteiger partial charge in [-0.3, -0.25) is 9.59 Å². The van der Waals surface area contributed by atoms with Gasteiger partial charge in [0.25, 0.3) is 0 Å². The molecular formula is C21H32N2O2. The summed E-state index contributed by atoms with van der Waals surface area (Å²) in [6, 6.07) is 9.77. The molecule has 0 radical (unpaired) electrons. The molecule has 0 bridgehead atoms. The molecule has 4 nitrogen and oxygen atoms in total. The molecule has 0 saturated heterocycles. The Morgan fingerprint density at radius 1 is 1.12 bits per heavy atom. The zero-order valence-electron chi connectivity index (χ0n) is 15.8. The fourth-order valence-corrected chi connectivity index (χ4v) is 3.17. The lowest BCUT2D eigenvalue weighted by molar-refractivity contribution is -0.130. The second-order valence-electron chi connectivity index (χ2n) is 7.78. The molecule has 4 heteroatoms. The van der Waals surface area contributed by atoms with Crippen LogP contribution in [0.25, 0.3) is 0 Å². The minimum absolute atomic E-state index is 0.00526. The Bertz CT molecular complexity index is 563. The van der Waals surface area contributed by atoms with Gasteiger partial charge in [0, 0.05) is 11.5 Å². The van der Waals surface area contributed by atoms with Gasteiger partial charge in [-0.05, 0) is 24.8 Å². The quantitative estimate of drug-likeness (QED) is 0.782. The monoisotopic (exact) mass is 344 g/mol. The molecule has 2 rings (SSSR count). The number of hydrogen-bond donors (Lipinski definition) is 2. The van der Waals surface area contributed by atoms with E-state index in [4.69, 9.17) is 0 Å². The zero-order chi connectivity index (χ0) is 18.3. The summed E-state index contributed by atoms with van der Waals surface area (Å²) in [4.78, 5) is 25.1. The van der Waals surface area contributed by atoms with E-state index in [0.717, 1.165) is 24.8 Å². The van der Waals surface area contributed by atoms with Crippen LogP contribution in [0.2, 0.25) is 0 Å².